The highest BCUT2D eigenvalue weighted by molar-refractivity contribution is 7.09. The van der Waals surface area contributed by atoms with Gasteiger partial charge in [-0.05, 0) is 48.5 Å². The lowest BCUT2D eigenvalue weighted by molar-refractivity contribution is 0.276. The van der Waals surface area contributed by atoms with Gasteiger partial charge in [0.1, 0.15) is 0 Å². The van der Waals surface area contributed by atoms with Crippen molar-refractivity contribution >= 4 is 17.3 Å². The fourth-order valence-corrected chi connectivity index (χ4v) is 4.05. The van der Waals surface area contributed by atoms with Crippen molar-refractivity contribution in [3.63, 3.8) is 0 Å². The number of nitrogens with zero attached hydrogens (tertiary/aromatic N) is 2. The molecule has 1 aliphatic heterocycles. The van der Waals surface area contributed by atoms with Crippen molar-refractivity contribution in [1.29, 1.82) is 0 Å². The van der Waals surface area contributed by atoms with Gasteiger partial charge in [-0.3, -0.25) is 9.89 Å². The van der Waals surface area contributed by atoms with E-state index in [1.165, 1.54) is 54.8 Å². The van der Waals surface area contributed by atoms with E-state index in [-0.39, 0.29) is 0 Å². The highest BCUT2D eigenvalue weighted by Gasteiger charge is 2.11. The van der Waals surface area contributed by atoms with Crippen molar-refractivity contribution in [2.75, 3.05) is 20.1 Å². The fourth-order valence-electron chi connectivity index (χ4n) is 3.40. The molecular formula is C21H30N4S. The molecule has 0 amide bonds. The minimum absolute atomic E-state index is 0.800. The Labute approximate surface area is 161 Å². The highest BCUT2D eigenvalue weighted by Crippen LogP contribution is 2.16. The summed E-state index contributed by atoms with van der Waals surface area (Å²) < 4.78 is 0. The summed E-state index contributed by atoms with van der Waals surface area (Å²) in [7, 11) is 1.83. The van der Waals surface area contributed by atoms with E-state index in [1.807, 2.05) is 7.05 Å². The Morgan fingerprint density at radius 2 is 1.69 bits per heavy atom. The average Bonchev–Trinajstić information content (AvgIpc) is 3.06. The van der Waals surface area contributed by atoms with Crippen LogP contribution >= 0.6 is 11.3 Å². The molecule has 0 spiro atoms. The molecule has 0 radical (unpaired) electrons. The van der Waals surface area contributed by atoms with Crippen LogP contribution in [0.15, 0.2) is 46.8 Å². The number of hydrogen-bond acceptors (Lipinski definition) is 3. The summed E-state index contributed by atoms with van der Waals surface area (Å²) in [6, 6.07) is 13.0. The second-order valence-corrected chi connectivity index (χ2v) is 7.85. The second-order valence-electron chi connectivity index (χ2n) is 6.82. The topological polar surface area (TPSA) is 39.7 Å². The molecule has 2 N–H and O–H groups in total. The number of hydrogen-bond donors (Lipinski definition) is 2. The summed E-state index contributed by atoms with van der Waals surface area (Å²) in [6.07, 6.45) is 5.43. The molecule has 0 bridgehead atoms. The van der Waals surface area contributed by atoms with Crippen LogP contribution in [-0.2, 0) is 19.6 Å². The van der Waals surface area contributed by atoms with Crippen molar-refractivity contribution in [3.8, 4) is 0 Å². The zero-order chi connectivity index (χ0) is 18.0. The minimum atomic E-state index is 0.800. The molecule has 0 aliphatic carbocycles. The number of benzene rings is 1. The predicted molar refractivity (Wildman–Crippen MR) is 112 cm³/mol. The predicted octanol–water partition coefficient (Wildman–Crippen LogP) is 3.99. The lowest BCUT2D eigenvalue weighted by atomic mass is 10.1. The number of likely N-dealkylation sites (tertiary alicyclic amines) is 1. The Hall–Kier alpha value is -1.85. The lowest BCUT2D eigenvalue weighted by Gasteiger charge is -2.22. The van der Waals surface area contributed by atoms with E-state index in [1.54, 1.807) is 11.3 Å². The van der Waals surface area contributed by atoms with Crippen LogP contribution < -0.4 is 10.6 Å². The van der Waals surface area contributed by atoms with Crippen molar-refractivity contribution in [1.82, 2.24) is 15.5 Å². The standard InChI is InChI=1S/C21H30N4S/c1-22-21(24-16-20-11-8-14-26-20)23-15-18-9-4-5-10-19(18)17-25-12-6-2-3-7-13-25/h4-5,8-11,14H,2-3,6-7,12-13,15-17H2,1H3,(H2,22,23,24). The molecule has 1 fully saturated rings. The molecule has 2 aromatic rings. The van der Waals surface area contributed by atoms with Crippen LogP contribution in [-0.4, -0.2) is 31.0 Å². The zero-order valence-corrected chi connectivity index (χ0v) is 16.5. The highest BCUT2D eigenvalue weighted by atomic mass is 32.1. The molecule has 140 valence electrons. The first-order valence-corrected chi connectivity index (χ1v) is 10.5. The summed E-state index contributed by atoms with van der Waals surface area (Å²) in [4.78, 5) is 8.27. The summed E-state index contributed by atoms with van der Waals surface area (Å²) >= 11 is 1.76. The van der Waals surface area contributed by atoms with Gasteiger partial charge in [0.05, 0.1) is 6.54 Å². The van der Waals surface area contributed by atoms with Crippen LogP contribution in [0.4, 0.5) is 0 Å². The molecule has 26 heavy (non-hydrogen) atoms. The van der Waals surface area contributed by atoms with Gasteiger partial charge in [0.15, 0.2) is 5.96 Å². The summed E-state index contributed by atoms with van der Waals surface area (Å²) in [5.74, 6) is 0.850. The van der Waals surface area contributed by atoms with Gasteiger partial charge in [0.25, 0.3) is 0 Å². The second kappa shape index (κ2) is 10.3. The maximum Gasteiger partial charge on any atom is 0.191 e. The van der Waals surface area contributed by atoms with E-state index >= 15 is 0 Å². The normalized spacial score (nSPS) is 16.3. The van der Waals surface area contributed by atoms with Crippen molar-refractivity contribution < 1.29 is 0 Å². The van der Waals surface area contributed by atoms with E-state index in [0.29, 0.717) is 0 Å². The number of rotatable bonds is 6. The quantitative estimate of drug-likeness (QED) is 0.597. The lowest BCUT2D eigenvalue weighted by Crippen LogP contribution is -2.36. The average molecular weight is 371 g/mol. The number of thiophene rings is 1. The van der Waals surface area contributed by atoms with Gasteiger partial charge < -0.3 is 10.6 Å². The Morgan fingerprint density at radius 3 is 2.38 bits per heavy atom. The van der Waals surface area contributed by atoms with Crippen LogP contribution in [0.3, 0.4) is 0 Å². The molecule has 1 aromatic carbocycles. The van der Waals surface area contributed by atoms with Gasteiger partial charge in [0.2, 0.25) is 0 Å². The van der Waals surface area contributed by atoms with E-state index in [0.717, 1.165) is 25.6 Å². The molecule has 0 unspecified atom stereocenters. The molecule has 5 heteroatoms. The van der Waals surface area contributed by atoms with Gasteiger partial charge in [-0.25, -0.2) is 0 Å². The van der Waals surface area contributed by atoms with Gasteiger partial charge >= 0.3 is 0 Å². The molecule has 0 saturated carbocycles. The van der Waals surface area contributed by atoms with E-state index in [2.05, 4.69) is 62.3 Å². The first-order chi connectivity index (χ1) is 12.8. The van der Waals surface area contributed by atoms with Gasteiger partial charge in [-0.2, -0.15) is 0 Å². The van der Waals surface area contributed by atoms with Crippen LogP contribution in [0.25, 0.3) is 0 Å². The zero-order valence-electron chi connectivity index (χ0n) is 15.7. The first-order valence-electron chi connectivity index (χ1n) is 9.61. The molecule has 3 rings (SSSR count). The first kappa shape index (κ1) is 18.9. The minimum Gasteiger partial charge on any atom is -0.352 e. The Kier molecular flexibility index (Phi) is 7.52. The maximum absolute atomic E-state index is 4.35. The van der Waals surface area contributed by atoms with Crippen molar-refractivity contribution in [3.05, 3.63) is 57.8 Å². The number of nitrogens with one attached hydrogen (secondary N) is 2. The van der Waals surface area contributed by atoms with Crippen LogP contribution in [0.5, 0.6) is 0 Å². The van der Waals surface area contributed by atoms with E-state index in [9.17, 15) is 0 Å². The fraction of sp³-hybridized carbons (Fsp3) is 0.476. The van der Waals surface area contributed by atoms with Crippen LogP contribution in [0.2, 0.25) is 0 Å². The van der Waals surface area contributed by atoms with Crippen molar-refractivity contribution in [2.24, 2.45) is 4.99 Å². The molecule has 1 aliphatic rings. The molecule has 0 atom stereocenters. The summed E-state index contributed by atoms with van der Waals surface area (Å²) in [5.41, 5.74) is 2.78. The molecule has 4 nitrogen and oxygen atoms in total. The third-order valence-corrected chi connectivity index (χ3v) is 5.77. The van der Waals surface area contributed by atoms with Crippen molar-refractivity contribution in [2.45, 2.75) is 45.3 Å². The summed E-state index contributed by atoms with van der Waals surface area (Å²) in [5, 5.41) is 8.96. The monoisotopic (exact) mass is 370 g/mol. The van der Waals surface area contributed by atoms with Gasteiger partial charge in [0, 0.05) is 25.0 Å². The third kappa shape index (κ3) is 5.85. The number of aliphatic imine (C=N–C) groups is 1. The molecule has 1 saturated heterocycles. The number of guanidine groups is 1. The Balaban J connectivity index is 1.55. The molecule has 2 heterocycles. The Morgan fingerprint density at radius 1 is 0.962 bits per heavy atom. The largest absolute Gasteiger partial charge is 0.352 e. The van der Waals surface area contributed by atoms with Crippen LogP contribution in [0, 0.1) is 0 Å². The van der Waals surface area contributed by atoms with Gasteiger partial charge in [-0.15, -0.1) is 11.3 Å². The van der Waals surface area contributed by atoms with E-state index in [4.69, 9.17) is 0 Å². The SMILES string of the molecule is CN=C(NCc1cccs1)NCc1ccccc1CN1CCCCCC1. The molecule has 1 aromatic heterocycles. The molecular weight excluding hydrogens is 340 g/mol. The Bertz CT molecular complexity index is 673. The van der Waals surface area contributed by atoms with Gasteiger partial charge in [-0.1, -0.05) is 43.2 Å². The van der Waals surface area contributed by atoms with Crippen LogP contribution in [0.1, 0.15) is 41.7 Å². The third-order valence-electron chi connectivity index (χ3n) is 4.89. The van der Waals surface area contributed by atoms with E-state index < -0.39 is 0 Å². The smallest absolute Gasteiger partial charge is 0.191 e. The summed E-state index contributed by atoms with van der Waals surface area (Å²) in [6.45, 7) is 5.12. The maximum atomic E-state index is 4.35.